The van der Waals surface area contributed by atoms with Gasteiger partial charge >= 0.3 is 0 Å². The lowest BCUT2D eigenvalue weighted by atomic mass is 10.0. The van der Waals surface area contributed by atoms with Crippen molar-refractivity contribution in [2.75, 3.05) is 11.9 Å². The molecule has 1 fully saturated rings. The van der Waals surface area contributed by atoms with Gasteiger partial charge < -0.3 is 5.32 Å². The molecule has 0 radical (unpaired) electrons. The Balaban J connectivity index is 1.52. The van der Waals surface area contributed by atoms with Crippen LogP contribution in [-0.4, -0.2) is 41.1 Å². The largest absolute Gasteiger partial charge is 0.384 e. The van der Waals surface area contributed by atoms with Crippen molar-refractivity contribution >= 4 is 45.2 Å². The molecule has 148 valence electrons. The third-order valence-electron chi connectivity index (χ3n) is 5.11. The highest BCUT2D eigenvalue weighted by Gasteiger charge is 2.45. The van der Waals surface area contributed by atoms with Crippen molar-refractivity contribution in [3.8, 4) is 0 Å². The lowest BCUT2D eigenvalue weighted by Crippen LogP contribution is -2.54. The summed E-state index contributed by atoms with van der Waals surface area (Å²) in [4.78, 5) is 50.4. The molecule has 1 unspecified atom stereocenters. The highest BCUT2D eigenvalue weighted by molar-refractivity contribution is 9.10. The average molecular weight is 456 g/mol. The lowest BCUT2D eigenvalue weighted by molar-refractivity contribution is -0.136. The number of amides is 4. The topological polar surface area (TPSA) is 95.6 Å². The molecule has 29 heavy (non-hydrogen) atoms. The molecule has 0 aliphatic carbocycles. The number of nitrogens with zero attached hydrogens (tertiary/aromatic N) is 1. The van der Waals surface area contributed by atoms with Crippen molar-refractivity contribution in [3.63, 3.8) is 0 Å². The molecule has 4 amide bonds. The first-order chi connectivity index (χ1) is 14.0. The van der Waals surface area contributed by atoms with Crippen molar-refractivity contribution < 1.29 is 19.2 Å². The molecule has 8 heteroatoms. The molecule has 4 rings (SSSR count). The minimum Gasteiger partial charge on any atom is -0.384 e. The molecule has 7 nitrogen and oxygen atoms in total. The molecular weight excluding hydrogens is 438 g/mol. The highest BCUT2D eigenvalue weighted by Crippen LogP contribution is 2.32. The van der Waals surface area contributed by atoms with E-state index in [0.717, 1.165) is 21.4 Å². The number of hydrogen-bond acceptors (Lipinski definition) is 5. The Morgan fingerprint density at radius 3 is 2.52 bits per heavy atom. The number of anilines is 1. The maximum atomic E-state index is 13.0. The van der Waals surface area contributed by atoms with E-state index in [1.54, 1.807) is 18.2 Å². The van der Waals surface area contributed by atoms with Gasteiger partial charge in [-0.05, 0) is 42.7 Å². The zero-order chi connectivity index (χ0) is 20.5. The number of hydrogen-bond donors (Lipinski definition) is 2. The molecule has 0 saturated carbocycles. The van der Waals surface area contributed by atoms with Crippen LogP contribution in [0.4, 0.5) is 5.69 Å². The van der Waals surface area contributed by atoms with E-state index in [2.05, 4.69) is 26.6 Å². The summed E-state index contributed by atoms with van der Waals surface area (Å²) in [5.74, 6) is -2.01. The number of imide groups is 2. The fourth-order valence-corrected chi connectivity index (χ4v) is 3.92. The minimum atomic E-state index is -0.962. The normalized spacial score (nSPS) is 18.7. The summed E-state index contributed by atoms with van der Waals surface area (Å²) in [6.45, 7) is 0.581. The maximum absolute atomic E-state index is 13.0. The van der Waals surface area contributed by atoms with E-state index < -0.39 is 29.7 Å². The standard InChI is InChI=1S/C21H18BrN3O4/c22-13-6-4-12(5-7-13)10-11-23-15-3-1-2-14-18(15)21(29)25(20(14)28)16-8-9-17(26)24-19(16)27/h1-7,16,23H,8-11H2,(H,24,26,27). The van der Waals surface area contributed by atoms with Gasteiger partial charge in [0.15, 0.2) is 0 Å². The SMILES string of the molecule is O=C1CCC(N2C(=O)c3cccc(NCCc4ccc(Br)cc4)c3C2=O)C(=O)N1. The smallest absolute Gasteiger partial charge is 0.264 e. The highest BCUT2D eigenvalue weighted by atomic mass is 79.9. The summed E-state index contributed by atoms with van der Waals surface area (Å²) in [5, 5.41) is 5.44. The van der Waals surface area contributed by atoms with Crippen LogP contribution in [0.3, 0.4) is 0 Å². The van der Waals surface area contributed by atoms with Crippen LogP contribution in [0.15, 0.2) is 46.9 Å². The molecule has 0 bridgehead atoms. The molecular formula is C21H18BrN3O4. The Hall–Kier alpha value is -3.00. The van der Waals surface area contributed by atoms with Crippen molar-refractivity contribution in [1.82, 2.24) is 10.2 Å². The molecule has 2 heterocycles. The monoisotopic (exact) mass is 455 g/mol. The van der Waals surface area contributed by atoms with E-state index in [9.17, 15) is 19.2 Å². The maximum Gasteiger partial charge on any atom is 0.264 e. The van der Waals surface area contributed by atoms with Crippen molar-refractivity contribution in [3.05, 3.63) is 63.6 Å². The molecule has 2 aliphatic rings. The first-order valence-electron chi connectivity index (χ1n) is 9.28. The molecule has 2 aliphatic heterocycles. The molecule has 2 aromatic rings. The minimum absolute atomic E-state index is 0.0993. The quantitative estimate of drug-likeness (QED) is 0.675. The van der Waals surface area contributed by atoms with Gasteiger partial charge in [-0.25, -0.2) is 0 Å². The summed E-state index contributed by atoms with van der Waals surface area (Å²) in [6.07, 6.45) is 0.987. The van der Waals surface area contributed by atoms with Gasteiger partial charge in [0.05, 0.1) is 11.1 Å². The van der Waals surface area contributed by atoms with E-state index in [1.165, 1.54) is 0 Å². The van der Waals surface area contributed by atoms with Crippen LogP contribution in [0.2, 0.25) is 0 Å². The second kappa shape index (κ2) is 7.79. The fourth-order valence-electron chi connectivity index (χ4n) is 3.65. The van der Waals surface area contributed by atoms with Crippen LogP contribution in [0.5, 0.6) is 0 Å². The van der Waals surface area contributed by atoms with Crippen molar-refractivity contribution in [2.24, 2.45) is 0 Å². The molecule has 0 aromatic heterocycles. The van der Waals surface area contributed by atoms with Crippen LogP contribution in [0.1, 0.15) is 39.1 Å². The third kappa shape index (κ3) is 3.67. The first kappa shape index (κ1) is 19.3. The van der Waals surface area contributed by atoms with Crippen LogP contribution >= 0.6 is 15.9 Å². The Bertz CT molecular complexity index is 1020. The van der Waals surface area contributed by atoms with E-state index in [0.29, 0.717) is 12.2 Å². The van der Waals surface area contributed by atoms with Gasteiger partial charge in [0.2, 0.25) is 11.8 Å². The Morgan fingerprint density at radius 1 is 1.03 bits per heavy atom. The van der Waals surface area contributed by atoms with Gasteiger partial charge in [-0.15, -0.1) is 0 Å². The van der Waals surface area contributed by atoms with Gasteiger partial charge in [-0.3, -0.25) is 29.4 Å². The Morgan fingerprint density at radius 2 is 1.79 bits per heavy atom. The second-order valence-corrected chi connectivity index (χ2v) is 7.89. The Labute approximate surface area is 175 Å². The van der Waals surface area contributed by atoms with Crippen LogP contribution in [0, 0.1) is 0 Å². The van der Waals surface area contributed by atoms with Crippen LogP contribution in [-0.2, 0) is 16.0 Å². The van der Waals surface area contributed by atoms with Gasteiger partial charge in [0.25, 0.3) is 11.8 Å². The molecule has 1 atom stereocenters. The van der Waals surface area contributed by atoms with Crippen LogP contribution < -0.4 is 10.6 Å². The number of halogens is 1. The van der Waals surface area contributed by atoms with Gasteiger partial charge in [0, 0.05) is 23.1 Å². The number of carbonyl (C=O) groups is 4. The second-order valence-electron chi connectivity index (χ2n) is 6.98. The first-order valence-corrected chi connectivity index (χ1v) is 10.1. The summed E-state index contributed by atoms with van der Waals surface area (Å²) in [6, 6.07) is 12.0. The number of benzene rings is 2. The zero-order valence-electron chi connectivity index (χ0n) is 15.4. The zero-order valence-corrected chi connectivity index (χ0v) is 17.0. The molecule has 2 aromatic carbocycles. The fraction of sp³-hybridized carbons (Fsp3) is 0.238. The number of rotatable bonds is 5. The van der Waals surface area contributed by atoms with Crippen LogP contribution in [0.25, 0.3) is 0 Å². The Kier molecular flexibility index (Phi) is 5.19. The van der Waals surface area contributed by atoms with E-state index in [4.69, 9.17) is 0 Å². The average Bonchev–Trinajstić information content (AvgIpc) is 2.95. The lowest BCUT2D eigenvalue weighted by Gasteiger charge is -2.27. The van der Waals surface area contributed by atoms with Crippen molar-refractivity contribution in [2.45, 2.75) is 25.3 Å². The summed E-state index contributed by atoms with van der Waals surface area (Å²) >= 11 is 3.41. The number of carbonyl (C=O) groups excluding carboxylic acids is 4. The molecule has 1 saturated heterocycles. The van der Waals surface area contributed by atoms with Gasteiger partial charge in [-0.2, -0.15) is 0 Å². The molecule has 2 N–H and O–H groups in total. The number of piperidine rings is 1. The van der Waals surface area contributed by atoms with Gasteiger partial charge in [-0.1, -0.05) is 34.1 Å². The summed E-state index contributed by atoms with van der Waals surface area (Å²) in [7, 11) is 0. The number of nitrogens with one attached hydrogen (secondary N) is 2. The summed E-state index contributed by atoms with van der Waals surface area (Å²) in [5.41, 5.74) is 2.25. The van der Waals surface area contributed by atoms with Crippen molar-refractivity contribution in [1.29, 1.82) is 0 Å². The van der Waals surface area contributed by atoms with Gasteiger partial charge in [0.1, 0.15) is 6.04 Å². The molecule has 0 spiro atoms. The van der Waals surface area contributed by atoms with E-state index in [-0.39, 0.29) is 24.0 Å². The third-order valence-corrected chi connectivity index (χ3v) is 5.64. The predicted molar refractivity (Wildman–Crippen MR) is 109 cm³/mol. The summed E-state index contributed by atoms with van der Waals surface area (Å²) < 4.78 is 1.01. The van der Waals surface area contributed by atoms with E-state index >= 15 is 0 Å². The predicted octanol–water partition coefficient (Wildman–Crippen LogP) is 2.50. The number of fused-ring (bicyclic) bond motifs is 1. The van der Waals surface area contributed by atoms with E-state index in [1.807, 2.05) is 24.3 Å².